The van der Waals surface area contributed by atoms with Gasteiger partial charge in [-0.25, -0.2) is 17.9 Å². The number of likely N-dealkylation sites (N-methyl/N-ethyl adjacent to an activating group) is 1. The minimum atomic E-state index is -1.28. The highest BCUT2D eigenvalue weighted by Crippen LogP contribution is 2.36. The lowest BCUT2D eigenvalue weighted by Gasteiger charge is -2.35. The summed E-state index contributed by atoms with van der Waals surface area (Å²) in [5, 5.41) is 13.8. The molecular weight excluding hydrogens is 613 g/mol. The van der Waals surface area contributed by atoms with Crippen molar-refractivity contribution in [2.24, 2.45) is 0 Å². The first-order valence-corrected chi connectivity index (χ1v) is 15.2. The van der Waals surface area contributed by atoms with Crippen LogP contribution in [0.1, 0.15) is 38.4 Å². The Morgan fingerprint density at radius 1 is 0.933 bits per heavy atom. The summed E-state index contributed by atoms with van der Waals surface area (Å²) in [6.45, 7) is 9.41. The van der Waals surface area contributed by atoms with Crippen LogP contribution >= 0.6 is 11.6 Å². The monoisotopic (exact) mass is 648 g/mol. The number of hydrogen-bond donors (Lipinski definition) is 2. The van der Waals surface area contributed by atoms with Gasteiger partial charge in [-0.15, -0.1) is 5.10 Å². The minimum absolute atomic E-state index is 0.0626. The number of aromatic nitrogens is 3. The molecule has 45 heavy (non-hydrogen) atoms. The number of carbonyl (C=O) groups is 2. The molecule has 2 aliphatic rings. The van der Waals surface area contributed by atoms with Gasteiger partial charge in [0.1, 0.15) is 23.0 Å². The number of anilines is 2. The Labute approximate surface area is 264 Å². The van der Waals surface area contributed by atoms with Gasteiger partial charge >= 0.3 is 0 Å². The summed E-state index contributed by atoms with van der Waals surface area (Å²) in [6.07, 6.45) is 2.17. The standard InChI is InChI=1S/C30H36ClF3N8O3/c1-18-26(32)19(2)28(34)25(27(18)33)30(44)36-21-16-23(20(31)15-24(21)41-9-7-39(3)8-10-41)42-17-22(37-38-42)29(43)35-5-4-6-40-11-13-45-14-12-40/h15-17H,4-14H2,1-3H3,(H,35,43)(H,36,44). The predicted molar refractivity (Wildman–Crippen MR) is 164 cm³/mol. The highest BCUT2D eigenvalue weighted by atomic mass is 35.5. The normalized spacial score (nSPS) is 16.2. The average molecular weight is 649 g/mol. The van der Waals surface area contributed by atoms with Crippen LogP contribution in [-0.4, -0.2) is 109 Å². The molecule has 15 heteroatoms. The van der Waals surface area contributed by atoms with Crippen molar-refractivity contribution in [1.82, 2.24) is 30.1 Å². The van der Waals surface area contributed by atoms with Crippen LogP contribution in [0.25, 0.3) is 5.69 Å². The van der Waals surface area contributed by atoms with Gasteiger partial charge in [0.25, 0.3) is 11.8 Å². The molecule has 0 unspecified atom stereocenters. The van der Waals surface area contributed by atoms with E-state index in [4.69, 9.17) is 16.3 Å². The van der Waals surface area contributed by atoms with Crippen molar-refractivity contribution < 1.29 is 27.5 Å². The van der Waals surface area contributed by atoms with Gasteiger partial charge in [0, 0.05) is 56.9 Å². The molecule has 2 aliphatic heterocycles. The number of halogens is 4. The van der Waals surface area contributed by atoms with Crippen LogP contribution in [0.5, 0.6) is 0 Å². The summed E-state index contributed by atoms with van der Waals surface area (Å²) >= 11 is 6.70. The van der Waals surface area contributed by atoms with Crippen molar-refractivity contribution >= 4 is 34.8 Å². The lowest BCUT2D eigenvalue weighted by Crippen LogP contribution is -2.44. The molecule has 3 aromatic rings. The summed E-state index contributed by atoms with van der Waals surface area (Å²) in [5.41, 5.74) is -0.731. The molecule has 0 bridgehead atoms. The number of nitrogens with one attached hydrogen (secondary N) is 2. The van der Waals surface area contributed by atoms with Gasteiger partial charge in [-0.2, -0.15) is 0 Å². The molecule has 0 saturated carbocycles. The SMILES string of the molecule is Cc1c(F)c(C)c(F)c(C(=O)Nc2cc(-n3cc(C(=O)NCCCN4CCOCC4)nn3)c(Cl)cc2N2CCN(C)CC2)c1F. The first-order chi connectivity index (χ1) is 21.5. The molecule has 0 atom stereocenters. The molecular formula is C30H36ClF3N8O3. The van der Waals surface area contributed by atoms with E-state index >= 15 is 8.78 Å². The van der Waals surface area contributed by atoms with Gasteiger partial charge in [0.05, 0.1) is 41.5 Å². The number of hydrogen-bond acceptors (Lipinski definition) is 8. The van der Waals surface area contributed by atoms with E-state index in [0.717, 1.165) is 53.0 Å². The van der Waals surface area contributed by atoms with Gasteiger partial charge < -0.3 is 25.2 Å². The van der Waals surface area contributed by atoms with Crippen LogP contribution in [-0.2, 0) is 4.74 Å². The van der Waals surface area contributed by atoms with Crippen molar-refractivity contribution in [3.8, 4) is 5.69 Å². The molecule has 2 fully saturated rings. The third kappa shape index (κ3) is 7.24. The van der Waals surface area contributed by atoms with Gasteiger partial charge in [-0.1, -0.05) is 16.8 Å². The fourth-order valence-electron chi connectivity index (χ4n) is 5.37. The quantitative estimate of drug-likeness (QED) is 0.340. The maximum absolute atomic E-state index is 15.0. The largest absolute Gasteiger partial charge is 0.379 e. The number of ether oxygens (including phenoxy) is 1. The molecule has 5 rings (SSSR count). The van der Waals surface area contributed by atoms with Gasteiger partial charge in [0.2, 0.25) is 0 Å². The Morgan fingerprint density at radius 2 is 1.60 bits per heavy atom. The van der Waals surface area contributed by atoms with Crippen LogP contribution in [0.2, 0.25) is 5.02 Å². The topological polar surface area (TPSA) is 108 Å². The molecule has 3 heterocycles. The molecule has 242 valence electrons. The van der Waals surface area contributed by atoms with E-state index in [2.05, 4.69) is 30.7 Å². The number of amides is 2. The Balaban J connectivity index is 1.39. The number of morpholine rings is 1. The van der Waals surface area contributed by atoms with E-state index in [9.17, 15) is 14.0 Å². The number of carbonyl (C=O) groups excluding carboxylic acids is 2. The van der Waals surface area contributed by atoms with E-state index in [0.29, 0.717) is 38.5 Å². The second-order valence-corrected chi connectivity index (χ2v) is 11.7. The molecule has 2 N–H and O–H groups in total. The third-order valence-electron chi connectivity index (χ3n) is 8.15. The number of piperazine rings is 1. The maximum atomic E-state index is 15.0. The van der Waals surface area contributed by atoms with E-state index in [-0.39, 0.29) is 22.1 Å². The Bertz CT molecular complexity index is 1540. The minimum Gasteiger partial charge on any atom is -0.379 e. The fourth-order valence-corrected chi connectivity index (χ4v) is 5.62. The van der Waals surface area contributed by atoms with Crippen LogP contribution < -0.4 is 15.5 Å². The van der Waals surface area contributed by atoms with Crippen LogP contribution in [0.3, 0.4) is 0 Å². The second-order valence-electron chi connectivity index (χ2n) is 11.2. The molecule has 0 spiro atoms. The lowest BCUT2D eigenvalue weighted by molar-refractivity contribution is 0.0374. The molecule has 0 radical (unpaired) electrons. The van der Waals surface area contributed by atoms with E-state index in [1.807, 2.05) is 11.9 Å². The molecule has 2 saturated heterocycles. The molecule has 2 amide bonds. The van der Waals surface area contributed by atoms with Gasteiger partial charge in [-0.3, -0.25) is 14.5 Å². The summed E-state index contributed by atoms with van der Waals surface area (Å²) in [7, 11) is 1.99. The highest BCUT2D eigenvalue weighted by Gasteiger charge is 2.28. The fraction of sp³-hybridized carbons (Fsp3) is 0.467. The van der Waals surface area contributed by atoms with Crippen molar-refractivity contribution in [1.29, 1.82) is 0 Å². The van der Waals surface area contributed by atoms with Crippen molar-refractivity contribution in [3.05, 3.63) is 63.2 Å². The molecule has 1 aromatic heterocycles. The summed E-state index contributed by atoms with van der Waals surface area (Å²) in [6, 6.07) is 3.13. The van der Waals surface area contributed by atoms with Crippen molar-refractivity contribution in [3.63, 3.8) is 0 Å². The first-order valence-electron chi connectivity index (χ1n) is 14.8. The zero-order valence-electron chi connectivity index (χ0n) is 25.4. The zero-order valence-corrected chi connectivity index (χ0v) is 26.2. The van der Waals surface area contributed by atoms with Gasteiger partial charge in [0.15, 0.2) is 5.69 Å². The summed E-state index contributed by atoms with van der Waals surface area (Å²) in [5.74, 6) is -5.09. The summed E-state index contributed by atoms with van der Waals surface area (Å²) in [4.78, 5) is 32.5. The average Bonchev–Trinajstić information content (AvgIpc) is 3.53. The molecule has 11 nitrogen and oxygen atoms in total. The summed E-state index contributed by atoms with van der Waals surface area (Å²) < 4.78 is 50.9. The number of benzene rings is 2. The Morgan fingerprint density at radius 3 is 2.27 bits per heavy atom. The van der Waals surface area contributed by atoms with Crippen LogP contribution in [0.4, 0.5) is 24.5 Å². The van der Waals surface area contributed by atoms with Crippen molar-refractivity contribution in [2.45, 2.75) is 20.3 Å². The predicted octanol–water partition coefficient (Wildman–Crippen LogP) is 3.41. The van der Waals surface area contributed by atoms with Crippen molar-refractivity contribution in [2.75, 3.05) is 82.8 Å². The smallest absolute Gasteiger partial charge is 0.273 e. The molecule has 2 aromatic carbocycles. The number of rotatable bonds is 9. The number of nitrogens with zero attached hydrogens (tertiary/aromatic N) is 6. The first kappa shape index (κ1) is 32.7. The van der Waals surface area contributed by atoms with E-state index in [1.54, 1.807) is 6.07 Å². The van der Waals surface area contributed by atoms with E-state index < -0.39 is 46.0 Å². The van der Waals surface area contributed by atoms with Gasteiger partial charge in [-0.05, 0) is 46.0 Å². The molecule has 0 aliphatic carbocycles. The zero-order chi connectivity index (χ0) is 32.2. The maximum Gasteiger partial charge on any atom is 0.273 e. The van der Waals surface area contributed by atoms with E-state index in [1.165, 1.54) is 16.9 Å². The highest BCUT2D eigenvalue weighted by molar-refractivity contribution is 6.33. The second kappa shape index (κ2) is 14.1. The van der Waals surface area contributed by atoms with Crippen LogP contribution in [0.15, 0.2) is 18.3 Å². The lowest BCUT2D eigenvalue weighted by atomic mass is 10.0. The Kier molecular flexibility index (Phi) is 10.3. The van der Waals surface area contributed by atoms with Crippen LogP contribution in [0, 0.1) is 31.3 Å². The third-order valence-corrected chi connectivity index (χ3v) is 8.46. The Hall–Kier alpha value is -3.72.